The molecule has 106 valence electrons. The summed E-state index contributed by atoms with van der Waals surface area (Å²) < 4.78 is 10.4. The molecule has 0 bridgehead atoms. The largest absolute Gasteiger partial charge is 0.507 e. The van der Waals surface area contributed by atoms with E-state index >= 15 is 0 Å². The molecule has 0 radical (unpaired) electrons. The molecule has 0 aromatic heterocycles. The lowest BCUT2D eigenvalue weighted by molar-refractivity contribution is -0.131. The van der Waals surface area contributed by atoms with Gasteiger partial charge in [0.2, 0.25) is 0 Å². The van der Waals surface area contributed by atoms with E-state index in [1.165, 1.54) is 20.1 Å². The minimum atomic E-state index is -0.423. The maximum atomic E-state index is 11.2. The lowest BCUT2D eigenvalue weighted by atomic mass is 10.0. The number of methoxy groups -OCH3 is 1. The monoisotopic (exact) mass is 274 g/mol. The first-order valence-electron chi connectivity index (χ1n) is 6.57. The van der Waals surface area contributed by atoms with Crippen LogP contribution < -0.4 is 9.47 Å². The van der Waals surface area contributed by atoms with Crippen LogP contribution in [0.2, 0.25) is 0 Å². The predicted octanol–water partition coefficient (Wildman–Crippen LogP) is 3.43. The quantitative estimate of drug-likeness (QED) is 0.685. The molecular weight excluding hydrogens is 256 g/mol. The highest BCUT2D eigenvalue weighted by atomic mass is 16.6. The molecule has 2 aromatic rings. The Morgan fingerprint density at radius 1 is 1.25 bits per heavy atom. The summed E-state index contributed by atoms with van der Waals surface area (Å²) in [6.45, 7) is 3.44. The molecule has 0 spiro atoms. The van der Waals surface area contributed by atoms with Crippen LogP contribution in [0.3, 0.4) is 0 Å². The summed E-state index contributed by atoms with van der Waals surface area (Å²) in [5.41, 5.74) is 1.13. The van der Waals surface area contributed by atoms with Crippen molar-refractivity contribution in [1.82, 2.24) is 0 Å². The number of ether oxygens (including phenoxy) is 2. The number of esters is 1. The van der Waals surface area contributed by atoms with Crippen LogP contribution in [0.4, 0.5) is 0 Å². The van der Waals surface area contributed by atoms with Crippen LogP contribution in [0.5, 0.6) is 17.2 Å². The van der Waals surface area contributed by atoms with E-state index in [2.05, 4.69) is 6.92 Å². The van der Waals surface area contributed by atoms with E-state index in [1.807, 2.05) is 18.2 Å². The molecule has 4 nitrogen and oxygen atoms in total. The third-order valence-electron chi connectivity index (χ3n) is 3.10. The molecule has 0 unspecified atom stereocenters. The second kappa shape index (κ2) is 5.82. The summed E-state index contributed by atoms with van der Waals surface area (Å²) in [6.07, 6.45) is 1.96. The average molecular weight is 274 g/mol. The van der Waals surface area contributed by atoms with Gasteiger partial charge in [-0.15, -0.1) is 0 Å². The van der Waals surface area contributed by atoms with Crippen LogP contribution in [-0.2, 0) is 11.2 Å². The molecule has 0 fully saturated rings. The smallest absolute Gasteiger partial charge is 0.308 e. The van der Waals surface area contributed by atoms with Crippen molar-refractivity contribution >= 4 is 16.7 Å². The fraction of sp³-hybridized carbons (Fsp3) is 0.312. The third kappa shape index (κ3) is 2.69. The molecule has 0 aliphatic rings. The van der Waals surface area contributed by atoms with Gasteiger partial charge in [-0.1, -0.05) is 25.5 Å². The first kappa shape index (κ1) is 14.2. The Morgan fingerprint density at radius 3 is 2.60 bits per heavy atom. The Hall–Kier alpha value is -2.23. The first-order valence-corrected chi connectivity index (χ1v) is 6.57. The standard InChI is InChI=1S/C16H18O4/c1-4-5-11-6-7-12-13(8-11)14(18)9-15(19-3)16(12)20-10(2)17/h6-9,18H,4-5H2,1-3H3. The Balaban J connectivity index is 2.68. The van der Waals surface area contributed by atoms with E-state index in [0.29, 0.717) is 22.3 Å². The fourth-order valence-electron chi connectivity index (χ4n) is 2.25. The van der Waals surface area contributed by atoms with E-state index in [0.717, 1.165) is 18.4 Å². The average Bonchev–Trinajstić information content (AvgIpc) is 2.42. The van der Waals surface area contributed by atoms with Gasteiger partial charge in [-0.25, -0.2) is 0 Å². The zero-order chi connectivity index (χ0) is 14.7. The van der Waals surface area contributed by atoms with Gasteiger partial charge in [0.15, 0.2) is 11.5 Å². The van der Waals surface area contributed by atoms with Crippen molar-refractivity contribution in [2.24, 2.45) is 0 Å². The van der Waals surface area contributed by atoms with Gasteiger partial charge in [-0.3, -0.25) is 4.79 Å². The summed E-state index contributed by atoms with van der Waals surface area (Å²) in [5, 5.41) is 11.4. The van der Waals surface area contributed by atoms with Crippen molar-refractivity contribution in [1.29, 1.82) is 0 Å². The number of fused-ring (bicyclic) bond motifs is 1. The highest BCUT2D eigenvalue weighted by Crippen LogP contribution is 2.41. The van der Waals surface area contributed by atoms with E-state index in [9.17, 15) is 9.90 Å². The lowest BCUT2D eigenvalue weighted by Crippen LogP contribution is -2.04. The molecule has 4 heteroatoms. The van der Waals surface area contributed by atoms with Crippen LogP contribution in [0.1, 0.15) is 25.8 Å². The Kier molecular flexibility index (Phi) is 4.13. The molecule has 2 rings (SSSR count). The van der Waals surface area contributed by atoms with E-state index in [4.69, 9.17) is 9.47 Å². The maximum Gasteiger partial charge on any atom is 0.308 e. The van der Waals surface area contributed by atoms with Gasteiger partial charge in [0, 0.05) is 23.8 Å². The molecule has 0 aliphatic carbocycles. The number of phenols is 1. The molecule has 0 saturated heterocycles. The normalized spacial score (nSPS) is 10.6. The lowest BCUT2D eigenvalue weighted by Gasteiger charge is -2.13. The van der Waals surface area contributed by atoms with Gasteiger partial charge in [-0.2, -0.15) is 0 Å². The van der Waals surface area contributed by atoms with Crippen molar-refractivity contribution in [3.63, 3.8) is 0 Å². The minimum absolute atomic E-state index is 0.116. The van der Waals surface area contributed by atoms with Gasteiger partial charge < -0.3 is 14.6 Å². The number of benzene rings is 2. The number of carbonyl (C=O) groups excluding carboxylic acids is 1. The third-order valence-corrected chi connectivity index (χ3v) is 3.10. The van der Waals surface area contributed by atoms with Crippen molar-refractivity contribution in [3.05, 3.63) is 29.8 Å². The number of carbonyl (C=O) groups is 1. The van der Waals surface area contributed by atoms with E-state index in [1.54, 1.807) is 0 Å². The van der Waals surface area contributed by atoms with Crippen molar-refractivity contribution in [3.8, 4) is 17.2 Å². The summed E-state index contributed by atoms with van der Waals surface area (Å²) in [5.74, 6) is 0.378. The summed E-state index contributed by atoms with van der Waals surface area (Å²) in [6, 6.07) is 7.20. The molecule has 0 saturated carbocycles. The molecule has 0 atom stereocenters. The Labute approximate surface area is 117 Å². The number of aromatic hydroxyl groups is 1. The van der Waals surface area contributed by atoms with Crippen molar-refractivity contribution < 1.29 is 19.4 Å². The Bertz CT molecular complexity index is 646. The minimum Gasteiger partial charge on any atom is -0.507 e. The molecule has 0 amide bonds. The molecule has 0 heterocycles. The molecule has 20 heavy (non-hydrogen) atoms. The van der Waals surface area contributed by atoms with Crippen LogP contribution in [0.25, 0.3) is 10.8 Å². The second-order valence-corrected chi connectivity index (χ2v) is 4.65. The number of hydrogen-bond acceptors (Lipinski definition) is 4. The summed E-state index contributed by atoms with van der Waals surface area (Å²) in [7, 11) is 1.47. The SMILES string of the molecule is CCCc1ccc2c(OC(C)=O)c(OC)cc(O)c2c1. The molecule has 2 aromatic carbocycles. The summed E-state index contributed by atoms with van der Waals surface area (Å²) >= 11 is 0. The highest BCUT2D eigenvalue weighted by Gasteiger charge is 2.15. The van der Waals surface area contributed by atoms with Gasteiger partial charge in [-0.05, 0) is 18.1 Å². The van der Waals surface area contributed by atoms with Crippen molar-refractivity contribution in [2.45, 2.75) is 26.7 Å². The van der Waals surface area contributed by atoms with Gasteiger partial charge in [0.1, 0.15) is 5.75 Å². The number of aryl methyl sites for hydroxylation is 1. The van der Waals surface area contributed by atoms with Crippen LogP contribution in [0, 0.1) is 0 Å². The topological polar surface area (TPSA) is 55.8 Å². The second-order valence-electron chi connectivity index (χ2n) is 4.65. The molecular formula is C16H18O4. The number of phenolic OH excluding ortho intramolecular Hbond substituents is 1. The Morgan fingerprint density at radius 2 is 2.00 bits per heavy atom. The summed E-state index contributed by atoms with van der Waals surface area (Å²) in [4.78, 5) is 11.2. The van der Waals surface area contributed by atoms with Gasteiger partial charge in [0.25, 0.3) is 0 Å². The predicted molar refractivity (Wildman–Crippen MR) is 77.5 cm³/mol. The van der Waals surface area contributed by atoms with Crippen LogP contribution in [0.15, 0.2) is 24.3 Å². The highest BCUT2D eigenvalue weighted by molar-refractivity contribution is 5.97. The number of rotatable bonds is 4. The van der Waals surface area contributed by atoms with Crippen molar-refractivity contribution in [2.75, 3.05) is 7.11 Å². The zero-order valence-electron chi connectivity index (χ0n) is 11.9. The van der Waals surface area contributed by atoms with E-state index < -0.39 is 5.97 Å². The van der Waals surface area contributed by atoms with Gasteiger partial charge >= 0.3 is 5.97 Å². The van der Waals surface area contributed by atoms with Gasteiger partial charge in [0.05, 0.1) is 7.11 Å². The molecule has 1 N–H and O–H groups in total. The first-order chi connectivity index (χ1) is 9.56. The molecule has 0 aliphatic heterocycles. The number of hydrogen-bond donors (Lipinski definition) is 1. The fourth-order valence-corrected chi connectivity index (χ4v) is 2.25. The zero-order valence-corrected chi connectivity index (χ0v) is 11.9. The maximum absolute atomic E-state index is 11.2. The van der Waals surface area contributed by atoms with E-state index in [-0.39, 0.29) is 5.75 Å². The van der Waals surface area contributed by atoms with Crippen LogP contribution >= 0.6 is 0 Å². The van der Waals surface area contributed by atoms with Crippen LogP contribution in [-0.4, -0.2) is 18.2 Å².